The maximum atomic E-state index is 10.5. The van der Waals surface area contributed by atoms with Gasteiger partial charge in [-0.05, 0) is 12.5 Å². The molecule has 0 unspecified atom stereocenters. The monoisotopic (exact) mass is 347 g/mol. The summed E-state index contributed by atoms with van der Waals surface area (Å²) in [6.45, 7) is 1.41. The Morgan fingerprint density at radius 2 is 1.74 bits per heavy atom. The number of quaternary nitrogens is 1. The maximum absolute atomic E-state index is 10.5. The predicted molar refractivity (Wildman–Crippen MR) is 88.1 cm³/mol. The molecule has 0 bridgehead atoms. The van der Waals surface area contributed by atoms with Gasteiger partial charge in [-0.3, -0.25) is 4.48 Å². The van der Waals surface area contributed by atoms with Crippen LogP contribution in [0.3, 0.4) is 0 Å². The Hall–Kier alpha value is -1.35. The fraction of sp³-hybridized carbons (Fsp3) is 0.600. The maximum Gasteiger partial charge on any atom is 0.166 e. The number of hydrogen-bond acceptors (Lipinski definition) is 6. The Bertz CT molecular complexity index is 600. The van der Waals surface area contributed by atoms with Gasteiger partial charge in [0.15, 0.2) is 11.5 Å². The van der Waals surface area contributed by atoms with Crippen LogP contribution in [-0.4, -0.2) is 66.8 Å². The summed E-state index contributed by atoms with van der Waals surface area (Å²) in [5.74, 6) is 0.949. The molecule has 8 heteroatoms. The molecule has 0 N–H and O–H groups in total. The number of methoxy groups -OCH3 is 2. The van der Waals surface area contributed by atoms with E-state index in [-0.39, 0.29) is 18.8 Å². The van der Waals surface area contributed by atoms with Crippen molar-refractivity contribution >= 4 is 15.8 Å². The molecule has 0 aromatic heterocycles. The molecule has 7 nitrogen and oxygen atoms in total. The lowest BCUT2D eigenvalue weighted by Crippen LogP contribution is -2.43. The summed E-state index contributed by atoms with van der Waals surface area (Å²) >= 11 is 0. The van der Waals surface area contributed by atoms with E-state index in [1.54, 1.807) is 14.2 Å². The highest BCUT2D eigenvalue weighted by molar-refractivity contribution is 7.85. The average Bonchev–Trinajstić information content (AvgIpc) is 2.48. The third kappa shape index (κ3) is 6.74. The fourth-order valence-electron chi connectivity index (χ4n) is 2.06. The number of likely N-dealkylation sites (N-methyl/N-ethyl adjacent to an activating group) is 1. The van der Waals surface area contributed by atoms with E-state index >= 15 is 0 Å². The molecule has 132 valence electrons. The third-order valence-corrected chi connectivity index (χ3v) is 4.33. The third-order valence-electron chi connectivity index (χ3n) is 3.54. The molecule has 0 aliphatic rings. The smallest absolute Gasteiger partial charge is 0.166 e. The number of hydrogen-bond donors (Lipinski definition) is 0. The van der Waals surface area contributed by atoms with Crippen molar-refractivity contribution in [3.63, 3.8) is 0 Å². The molecule has 23 heavy (non-hydrogen) atoms. The van der Waals surface area contributed by atoms with Gasteiger partial charge in [0.05, 0.1) is 45.0 Å². The van der Waals surface area contributed by atoms with E-state index in [0.29, 0.717) is 29.1 Å². The van der Waals surface area contributed by atoms with Crippen molar-refractivity contribution in [3.05, 3.63) is 18.2 Å². The van der Waals surface area contributed by atoms with Crippen molar-refractivity contribution in [3.8, 4) is 11.5 Å². The molecule has 1 aromatic rings. The van der Waals surface area contributed by atoms with Crippen LogP contribution in [0.15, 0.2) is 18.2 Å². The van der Waals surface area contributed by atoms with Crippen molar-refractivity contribution in [1.29, 1.82) is 0 Å². The van der Waals surface area contributed by atoms with Crippen LogP contribution in [0.5, 0.6) is 11.5 Å². The highest BCUT2D eigenvalue weighted by atomic mass is 32.2. The minimum absolute atomic E-state index is 0.218. The van der Waals surface area contributed by atoms with Crippen LogP contribution in [-0.2, 0) is 14.9 Å². The first-order chi connectivity index (χ1) is 10.7. The Kier molecular flexibility index (Phi) is 7.27. The number of benzene rings is 1. The molecular formula is C15H25NO6S. The lowest BCUT2D eigenvalue weighted by molar-refractivity contribution is 0.119. The molecule has 0 spiro atoms. The van der Waals surface area contributed by atoms with E-state index in [1.807, 2.05) is 32.3 Å². The summed E-state index contributed by atoms with van der Waals surface area (Å²) in [6, 6.07) is 5.74. The average molecular weight is 347 g/mol. The van der Waals surface area contributed by atoms with Crippen LogP contribution < -0.4 is 14.0 Å². The molecule has 0 aliphatic heterocycles. The largest absolute Gasteiger partial charge is 0.748 e. The van der Waals surface area contributed by atoms with Crippen LogP contribution in [0.2, 0.25) is 0 Å². The zero-order valence-corrected chi connectivity index (χ0v) is 14.9. The van der Waals surface area contributed by atoms with Crippen LogP contribution >= 0.6 is 0 Å². The topological polar surface area (TPSA) is 84.9 Å². The van der Waals surface area contributed by atoms with E-state index in [4.69, 9.17) is 14.2 Å². The van der Waals surface area contributed by atoms with E-state index in [1.165, 1.54) is 0 Å². The first-order valence-electron chi connectivity index (χ1n) is 7.26. The van der Waals surface area contributed by atoms with E-state index in [0.717, 1.165) is 5.69 Å². The van der Waals surface area contributed by atoms with Gasteiger partial charge in [0.1, 0.15) is 12.2 Å². The molecule has 0 heterocycles. The molecular weight excluding hydrogens is 322 g/mol. The first kappa shape index (κ1) is 19.7. The number of nitrogens with zero attached hydrogens (tertiary/aromatic N) is 1. The second-order valence-corrected chi connectivity index (χ2v) is 7.20. The lowest BCUT2D eigenvalue weighted by Gasteiger charge is -2.29. The van der Waals surface area contributed by atoms with Crippen molar-refractivity contribution in [2.45, 2.75) is 6.42 Å². The highest BCUT2D eigenvalue weighted by Crippen LogP contribution is 2.32. The molecule has 0 saturated heterocycles. The van der Waals surface area contributed by atoms with Gasteiger partial charge in [0.2, 0.25) is 0 Å². The van der Waals surface area contributed by atoms with E-state index in [2.05, 4.69) is 0 Å². The molecule has 0 aliphatic carbocycles. The Balaban J connectivity index is 2.52. The van der Waals surface area contributed by atoms with Gasteiger partial charge in [-0.15, -0.1) is 0 Å². The molecule has 0 saturated carbocycles. The standard InChI is InChI=1S/C15H25NO6S/c1-16(2,8-10-22-9-5-11-23(17,18)19)13-6-7-14(20-3)15(12-13)21-4/h6-7,12H,5,8-11H2,1-4H3. The molecule has 1 aromatic carbocycles. The summed E-state index contributed by atoms with van der Waals surface area (Å²) in [6.07, 6.45) is 0.218. The Morgan fingerprint density at radius 3 is 2.30 bits per heavy atom. The lowest BCUT2D eigenvalue weighted by atomic mass is 10.2. The van der Waals surface area contributed by atoms with Gasteiger partial charge in [-0.2, -0.15) is 0 Å². The van der Waals surface area contributed by atoms with Crippen LogP contribution in [0.1, 0.15) is 6.42 Å². The summed E-state index contributed by atoms with van der Waals surface area (Å²) < 4.78 is 48.0. The molecule has 0 amide bonds. The van der Waals surface area contributed by atoms with Crippen molar-refractivity contribution in [1.82, 2.24) is 4.48 Å². The molecule has 0 radical (unpaired) electrons. The van der Waals surface area contributed by atoms with Gasteiger partial charge >= 0.3 is 0 Å². The van der Waals surface area contributed by atoms with Crippen molar-refractivity contribution < 1.29 is 27.2 Å². The van der Waals surface area contributed by atoms with E-state index in [9.17, 15) is 13.0 Å². The SMILES string of the molecule is COc1ccc([N+](C)(C)CCOCCCS(=O)(=O)[O-])cc1OC. The minimum Gasteiger partial charge on any atom is -0.748 e. The van der Waals surface area contributed by atoms with Crippen LogP contribution in [0.25, 0.3) is 0 Å². The van der Waals surface area contributed by atoms with Crippen LogP contribution in [0.4, 0.5) is 5.69 Å². The van der Waals surface area contributed by atoms with Gasteiger partial charge in [-0.25, -0.2) is 8.42 Å². The highest BCUT2D eigenvalue weighted by Gasteiger charge is 2.21. The predicted octanol–water partition coefficient (Wildman–Crippen LogP) is 1.22. The molecule has 0 fully saturated rings. The van der Waals surface area contributed by atoms with Crippen LogP contribution in [0, 0.1) is 0 Å². The van der Waals surface area contributed by atoms with Gasteiger partial charge in [-0.1, -0.05) is 0 Å². The molecule has 0 atom stereocenters. The number of ether oxygens (including phenoxy) is 3. The van der Waals surface area contributed by atoms with Gasteiger partial charge in [0, 0.05) is 24.5 Å². The zero-order valence-electron chi connectivity index (χ0n) is 14.1. The Labute approximate surface area is 138 Å². The van der Waals surface area contributed by atoms with Crippen molar-refractivity contribution in [2.75, 3.05) is 53.8 Å². The molecule has 1 rings (SSSR count). The summed E-state index contributed by atoms with van der Waals surface area (Å²) in [5.41, 5.74) is 1.04. The van der Waals surface area contributed by atoms with Gasteiger partial charge in [0.25, 0.3) is 0 Å². The minimum atomic E-state index is -4.16. The summed E-state index contributed by atoms with van der Waals surface area (Å²) in [4.78, 5) is 0. The van der Waals surface area contributed by atoms with Crippen molar-refractivity contribution in [2.24, 2.45) is 0 Å². The first-order valence-corrected chi connectivity index (χ1v) is 8.84. The Morgan fingerprint density at radius 1 is 1.09 bits per heavy atom. The second kappa shape index (κ2) is 8.49. The van der Waals surface area contributed by atoms with Gasteiger partial charge < -0.3 is 18.8 Å². The normalized spacial score (nSPS) is 12.2. The fourth-order valence-corrected chi connectivity index (χ4v) is 2.53. The summed E-state index contributed by atoms with van der Waals surface area (Å²) in [7, 11) is 3.09. The van der Waals surface area contributed by atoms with E-state index < -0.39 is 10.1 Å². The number of rotatable bonds is 10. The zero-order chi connectivity index (χ0) is 17.5. The summed E-state index contributed by atoms with van der Waals surface area (Å²) in [5, 5.41) is 0. The quantitative estimate of drug-likeness (QED) is 0.359. The second-order valence-electron chi connectivity index (χ2n) is 5.68.